The number of hydrogen-bond acceptors (Lipinski definition) is 5. The van der Waals surface area contributed by atoms with Gasteiger partial charge in [-0.25, -0.2) is 0 Å². The SMILES string of the molecule is CCC(C)NC(=O)CN1CCN(C(=O)C(C)Oc2cccc(C(C)=O)c2)CC1. The number of amides is 2. The highest BCUT2D eigenvalue weighted by molar-refractivity contribution is 5.94. The fourth-order valence-corrected chi connectivity index (χ4v) is 3.05. The Kier molecular flexibility index (Phi) is 7.99. The molecular formula is C21H31N3O4. The molecule has 7 heteroatoms. The van der Waals surface area contributed by atoms with Gasteiger partial charge in [0.05, 0.1) is 6.54 Å². The van der Waals surface area contributed by atoms with Crippen LogP contribution in [0.15, 0.2) is 24.3 Å². The number of nitrogens with one attached hydrogen (secondary N) is 1. The quantitative estimate of drug-likeness (QED) is 0.685. The number of carbonyl (C=O) groups excluding carboxylic acids is 3. The minimum Gasteiger partial charge on any atom is -0.481 e. The van der Waals surface area contributed by atoms with E-state index in [-0.39, 0.29) is 23.6 Å². The van der Waals surface area contributed by atoms with E-state index in [0.717, 1.165) is 6.42 Å². The number of nitrogens with zero attached hydrogens (tertiary/aromatic N) is 2. The van der Waals surface area contributed by atoms with Crippen molar-refractivity contribution in [3.63, 3.8) is 0 Å². The Hall–Kier alpha value is -2.41. The lowest BCUT2D eigenvalue weighted by Crippen LogP contribution is -2.53. The van der Waals surface area contributed by atoms with Gasteiger partial charge in [-0.05, 0) is 39.3 Å². The van der Waals surface area contributed by atoms with Crippen molar-refractivity contribution in [2.45, 2.75) is 46.3 Å². The van der Waals surface area contributed by atoms with Crippen LogP contribution in [-0.4, -0.2) is 72.3 Å². The molecule has 1 saturated heterocycles. The van der Waals surface area contributed by atoms with Gasteiger partial charge in [-0.3, -0.25) is 19.3 Å². The summed E-state index contributed by atoms with van der Waals surface area (Å²) >= 11 is 0. The normalized spacial score (nSPS) is 16.9. The molecule has 154 valence electrons. The zero-order valence-corrected chi connectivity index (χ0v) is 17.2. The summed E-state index contributed by atoms with van der Waals surface area (Å²) in [5.41, 5.74) is 0.557. The van der Waals surface area contributed by atoms with Gasteiger partial charge in [0.15, 0.2) is 11.9 Å². The van der Waals surface area contributed by atoms with Crippen molar-refractivity contribution in [3.8, 4) is 5.75 Å². The summed E-state index contributed by atoms with van der Waals surface area (Å²) in [5, 5.41) is 2.96. The van der Waals surface area contributed by atoms with Gasteiger partial charge in [0.25, 0.3) is 5.91 Å². The summed E-state index contributed by atoms with van der Waals surface area (Å²) in [4.78, 5) is 40.0. The lowest BCUT2D eigenvalue weighted by atomic mass is 10.1. The summed E-state index contributed by atoms with van der Waals surface area (Å²) < 4.78 is 5.75. The van der Waals surface area contributed by atoms with Gasteiger partial charge < -0.3 is 15.0 Å². The average Bonchev–Trinajstić information content (AvgIpc) is 2.67. The lowest BCUT2D eigenvalue weighted by Gasteiger charge is -2.35. The minimum atomic E-state index is -0.637. The average molecular weight is 389 g/mol. The maximum absolute atomic E-state index is 12.7. The van der Waals surface area contributed by atoms with Gasteiger partial charge in [0.1, 0.15) is 5.75 Å². The van der Waals surface area contributed by atoms with Gasteiger partial charge in [0, 0.05) is 37.8 Å². The molecule has 0 spiro atoms. The van der Waals surface area contributed by atoms with E-state index in [1.807, 2.05) is 13.8 Å². The molecule has 28 heavy (non-hydrogen) atoms. The molecule has 1 aromatic rings. The first kappa shape index (κ1) is 21.9. The number of carbonyl (C=O) groups is 3. The molecule has 1 N–H and O–H groups in total. The van der Waals surface area contributed by atoms with Crippen LogP contribution in [0, 0.1) is 0 Å². The molecular weight excluding hydrogens is 358 g/mol. The second-order valence-corrected chi connectivity index (χ2v) is 7.32. The van der Waals surface area contributed by atoms with Crippen molar-refractivity contribution in [2.75, 3.05) is 32.7 Å². The first-order valence-electron chi connectivity index (χ1n) is 9.88. The van der Waals surface area contributed by atoms with E-state index < -0.39 is 6.10 Å². The number of rotatable bonds is 8. The van der Waals surface area contributed by atoms with Crippen LogP contribution in [0.3, 0.4) is 0 Å². The van der Waals surface area contributed by atoms with Crippen molar-refractivity contribution < 1.29 is 19.1 Å². The monoisotopic (exact) mass is 389 g/mol. The van der Waals surface area contributed by atoms with Crippen molar-refractivity contribution in [1.82, 2.24) is 15.1 Å². The van der Waals surface area contributed by atoms with Crippen LogP contribution in [0.25, 0.3) is 0 Å². The number of ketones is 1. The van der Waals surface area contributed by atoms with Crippen molar-refractivity contribution >= 4 is 17.6 Å². The van der Waals surface area contributed by atoms with E-state index in [9.17, 15) is 14.4 Å². The summed E-state index contributed by atoms with van der Waals surface area (Å²) in [6.07, 6.45) is 0.267. The Bertz CT molecular complexity index is 699. The second-order valence-electron chi connectivity index (χ2n) is 7.32. The molecule has 1 aromatic carbocycles. The minimum absolute atomic E-state index is 0.0242. The first-order valence-corrected chi connectivity index (χ1v) is 9.88. The second kappa shape index (κ2) is 10.2. The van der Waals surface area contributed by atoms with E-state index in [0.29, 0.717) is 44.0 Å². The number of piperazine rings is 1. The molecule has 0 radical (unpaired) electrons. The smallest absolute Gasteiger partial charge is 0.263 e. The van der Waals surface area contributed by atoms with E-state index in [1.165, 1.54) is 6.92 Å². The van der Waals surface area contributed by atoms with Crippen LogP contribution < -0.4 is 10.1 Å². The van der Waals surface area contributed by atoms with Crippen molar-refractivity contribution in [1.29, 1.82) is 0 Å². The fraction of sp³-hybridized carbons (Fsp3) is 0.571. The van der Waals surface area contributed by atoms with Gasteiger partial charge in [-0.1, -0.05) is 19.1 Å². The third-order valence-corrected chi connectivity index (χ3v) is 4.97. The van der Waals surface area contributed by atoms with Crippen molar-refractivity contribution in [3.05, 3.63) is 29.8 Å². The Labute approximate surface area is 167 Å². The standard InChI is InChI=1S/C21H31N3O4/c1-5-15(2)22-20(26)14-23-9-11-24(12-10-23)21(27)17(4)28-19-8-6-7-18(13-19)16(3)25/h6-8,13,15,17H,5,9-12,14H2,1-4H3,(H,22,26). The number of ether oxygens (including phenoxy) is 1. The largest absolute Gasteiger partial charge is 0.481 e. The third kappa shape index (κ3) is 6.34. The molecule has 7 nitrogen and oxygen atoms in total. The molecule has 1 fully saturated rings. The summed E-state index contributed by atoms with van der Waals surface area (Å²) in [5.74, 6) is 0.403. The van der Waals surface area contributed by atoms with E-state index >= 15 is 0 Å². The van der Waals surface area contributed by atoms with Crippen LogP contribution in [0.5, 0.6) is 5.75 Å². The van der Waals surface area contributed by atoms with Crippen molar-refractivity contribution in [2.24, 2.45) is 0 Å². The van der Waals surface area contributed by atoms with Gasteiger partial charge in [0.2, 0.25) is 5.91 Å². The van der Waals surface area contributed by atoms with Crippen LogP contribution in [0.1, 0.15) is 44.5 Å². The molecule has 0 aromatic heterocycles. The predicted octanol–water partition coefficient (Wildman–Crippen LogP) is 1.72. The Balaban J connectivity index is 1.81. The highest BCUT2D eigenvalue weighted by atomic mass is 16.5. The molecule has 2 amide bonds. The Morgan fingerprint density at radius 3 is 2.43 bits per heavy atom. The summed E-state index contributed by atoms with van der Waals surface area (Å²) in [7, 11) is 0. The lowest BCUT2D eigenvalue weighted by molar-refractivity contribution is -0.139. The van der Waals surface area contributed by atoms with Crippen LogP contribution in [-0.2, 0) is 9.59 Å². The molecule has 1 aliphatic heterocycles. The third-order valence-electron chi connectivity index (χ3n) is 4.97. The van der Waals surface area contributed by atoms with Crippen LogP contribution >= 0.6 is 0 Å². The molecule has 0 aliphatic carbocycles. The topological polar surface area (TPSA) is 79.0 Å². The molecule has 2 atom stereocenters. The molecule has 1 aliphatic rings. The van der Waals surface area contributed by atoms with Gasteiger partial charge >= 0.3 is 0 Å². The Morgan fingerprint density at radius 2 is 1.82 bits per heavy atom. The zero-order valence-electron chi connectivity index (χ0n) is 17.2. The molecule has 2 rings (SSSR count). The fourth-order valence-electron chi connectivity index (χ4n) is 3.05. The summed E-state index contributed by atoms with van der Waals surface area (Å²) in [6, 6.07) is 7.03. The zero-order chi connectivity index (χ0) is 20.7. The molecule has 2 unspecified atom stereocenters. The summed E-state index contributed by atoms with van der Waals surface area (Å²) in [6.45, 7) is 10.0. The molecule has 1 heterocycles. The van der Waals surface area contributed by atoms with E-state index in [1.54, 1.807) is 36.1 Å². The Morgan fingerprint density at radius 1 is 1.14 bits per heavy atom. The van der Waals surface area contributed by atoms with Gasteiger partial charge in [-0.15, -0.1) is 0 Å². The number of benzene rings is 1. The van der Waals surface area contributed by atoms with E-state index in [4.69, 9.17) is 4.74 Å². The maximum Gasteiger partial charge on any atom is 0.263 e. The maximum atomic E-state index is 12.7. The molecule has 0 bridgehead atoms. The van der Waals surface area contributed by atoms with Crippen LogP contribution in [0.4, 0.5) is 0 Å². The number of hydrogen-bond donors (Lipinski definition) is 1. The highest BCUT2D eigenvalue weighted by Gasteiger charge is 2.27. The number of Topliss-reactive ketones (excluding diaryl/α,β-unsaturated/α-hetero) is 1. The first-order chi connectivity index (χ1) is 13.3. The van der Waals surface area contributed by atoms with Crippen LogP contribution in [0.2, 0.25) is 0 Å². The van der Waals surface area contributed by atoms with E-state index in [2.05, 4.69) is 10.2 Å². The highest BCUT2D eigenvalue weighted by Crippen LogP contribution is 2.16. The predicted molar refractivity (Wildman–Crippen MR) is 107 cm³/mol. The van der Waals surface area contributed by atoms with Gasteiger partial charge in [-0.2, -0.15) is 0 Å². The molecule has 0 saturated carbocycles.